The average Bonchev–Trinajstić information content (AvgIpc) is 3.39. The van der Waals surface area contributed by atoms with Gasteiger partial charge in [0.25, 0.3) is 0 Å². The third-order valence-corrected chi connectivity index (χ3v) is 5.18. The minimum Gasteiger partial charge on any atom is -0.469 e. The smallest absolute Gasteiger partial charge is 0.217 e. The number of hydrogen-bond acceptors (Lipinski definition) is 9. The molecule has 0 radical (unpaired) electrons. The normalized spacial score (nSPS) is 12.4. The highest BCUT2D eigenvalue weighted by molar-refractivity contribution is 5.86. The van der Waals surface area contributed by atoms with Crippen molar-refractivity contribution in [2.24, 2.45) is 5.73 Å². The topological polar surface area (TPSA) is 151 Å². The van der Waals surface area contributed by atoms with Crippen molar-refractivity contribution >= 4 is 16.9 Å². The van der Waals surface area contributed by atoms with Gasteiger partial charge in [-0.15, -0.1) is 0 Å². The van der Waals surface area contributed by atoms with Gasteiger partial charge in [-0.2, -0.15) is 0 Å². The van der Waals surface area contributed by atoms with Gasteiger partial charge in [0.15, 0.2) is 17.3 Å². The summed E-state index contributed by atoms with van der Waals surface area (Å²) in [6.45, 7) is 5.95. The summed E-state index contributed by atoms with van der Waals surface area (Å²) >= 11 is 0. The van der Waals surface area contributed by atoms with Gasteiger partial charge in [0.2, 0.25) is 5.88 Å². The van der Waals surface area contributed by atoms with Gasteiger partial charge in [0.1, 0.15) is 28.7 Å². The molecule has 0 saturated heterocycles. The van der Waals surface area contributed by atoms with E-state index in [2.05, 4.69) is 32.1 Å². The summed E-state index contributed by atoms with van der Waals surface area (Å²) in [6.07, 6.45) is 0.0173. The molecule has 4 rings (SSSR count). The van der Waals surface area contributed by atoms with Crippen molar-refractivity contribution in [3.05, 3.63) is 47.4 Å². The highest BCUT2D eigenvalue weighted by atomic mass is 19.1. The van der Waals surface area contributed by atoms with Crippen LogP contribution in [0.2, 0.25) is 0 Å². The van der Waals surface area contributed by atoms with E-state index in [1.807, 2.05) is 11.5 Å². The first-order valence-corrected chi connectivity index (χ1v) is 11.1. The Morgan fingerprint density at radius 2 is 1.97 bits per heavy atom. The number of nitrogens with two attached hydrogens (primary N) is 2. The van der Waals surface area contributed by atoms with E-state index in [0.717, 1.165) is 5.56 Å². The average molecular weight is 480 g/mol. The van der Waals surface area contributed by atoms with Crippen LogP contribution in [0.5, 0.6) is 5.88 Å². The van der Waals surface area contributed by atoms with Crippen molar-refractivity contribution in [1.82, 2.24) is 24.8 Å². The van der Waals surface area contributed by atoms with Crippen molar-refractivity contribution in [3.8, 4) is 29.2 Å². The summed E-state index contributed by atoms with van der Waals surface area (Å²) < 4.78 is 26.3. The second-order valence-electron chi connectivity index (χ2n) is 8.40. The predicted molar refractivity (Wildman–Crippen MR) is 128 cm³/mol. The number of pyridine rings is 1. The fourth-order valence-corrected chi connectivity index (χ4v) is 3.58. The Morgan fingerprint density at radius 1 is 1.23 bits per heavy atom. The Kier molecular flexibility index (Phi) is 6.68. The number of aliphatic hydroxyl groups is 1. The molecule has 3 aromatic heterocycles. The third kappa shape index (κ3) is 5.24. The maximum atomic E-state index is 13.5. The molecular weight excluding hydrogens is 453 g/mol. The number of imidazole rings is 1. The third-order valence-electron chi connectivity index (χ3n) is 5.18. The first-order valence-electron chi connectivity index (χ1n) is 11.1. The van der Waals surface area contributed by atoms with Gasteiger partial charge in [0, 0.05) is 19.0 Å². The predicted octanol–water partition coefficient (Wildman–Crippen LogP) is 2.81. The quantitative estimate of drug-likeness (QED) is 0.340. The number of fused-ring (bicyclic) bond motifs is 1. The molecule has 0 spiro atoms. The molecule has 1 unspecified atom stereocenters. The molecule has 4 aromatic rings. The number of ether oxygens (including phenoxy) is 1. The zero-order valence-electron chi connectivity index (χ0n) is 19.6. The van der Waals surface area contributed by atoms with Crippen LogP contribution in [0, 0.1) is 17.7 Å². The monoisotopic (exact) mass is 479 g/mol. The molecule has 0 aliphatic rings. The van der Waals surface area contributed by atoms with Gasteiger partial charge >= 0.3 is 0 Å². The van der Waals surface area contributed by atoms with Gasteiger partial charge in [-0.3, -0.25) is 0 Å². The Bertz CT molecular complexity index is 1390. The molecule has 0 saturated carbocycles. The Labute approximate surface area is 201 Å². The Morgan fingerprint density at radius 3 is 2.57 bits per heavy atom. The number of aromatic nitrogens is 5. The SMILES string of the molecule is CCn1c(-c2nonc2N)nc2c(C#CC(C)(C)O)nc(OC(CCN)c3ccc(F)cc3)cc21. The van der Waals surface area contributed by atoms with Crippen LogP contribution >= 0.6 is 0 Å². The minimum absolute atomic E-state index is 0.0999. The first kappa shape index (κ1) is 24.1. The summed E-state index contributed by atoms with van der Waals surface area (Å²) in [5.74, 6) is 6.15. The maximum Gasteiger partial charge on any atom is 0.217 e. The second-order valence-corrected chi connectivity index (χ2v) is 8.40. The number of aryl methyl sites for hydroxylation is 1. The Hall–Kier alpha value is -4.01. The summed E-state index contributed by atoms with van der Waals surface area (Å²) in [5.41, 5.74) is 13.0. The molecule has 0 amide bonds. The Balaban J connectivity index is 1.88. The molecule has 0 aliphatic heterocycles. The van der Waals surface area contributed by atoms with Crippen LogP contribution in [0.15, 0.2) is 35.0 Å². The van der Waals surface area contributed by atoms with Gasteiger partial charge in [-0.05, 0) is 61.2 Å². The van der Waals surface area contributed by atoms with Crippen LogP contribution in [0.1, 0.15) is 44.6 Å². The lowest BCUT2D eigenvalue weighted by molar-refractivity contribution is 0.143. The number of halogens is 1. The van der Waals surface area contributed by atoms with E-state index < -0.39 is 11.7 Å². The number of benzene rings is 1. The minimum atomic E-state index is -1.25. The summed E-state index contributed by atoms with van der Waals surface area (Å²) in [7, 11) is 0. The number of nitrogens with zero attached hydrogens (tertiary/aromatic N) is 5. The van der Waals surface area contributed by atoms with E-state index in [1.54, 1.807) is 32.0 Å². The van der Waals surface area contributed by atoms with Crippen molar-refractivity contribution < 1.29 is 18.9 Å². The fraction of sp³-hybridized carbons (Fsp3) is 0.333. The molecule has 35 heavy (non-hydrogen) atoms. The van der Waals surface area contributed by atoms with Crippen LogP contribution in [-0.2, 0) is 6.54 Å². The van der Waals surface area contributed by atoms with E-state index in [4.69, 9.17) is 20.8 Å². The van der Waals surface area contributed by atoms with Crippen molar-refractivity contribution in [3.63, 3.8) is 0 Å². The highest BCUT2D eigenvalue weighted by Crippen LogP contribution is 2.32. The zero-order chi connectivity index (χ0) is 25.2. The molecule has 0 fully saturated rings. The van der Waals surface area contributed by atoms with Crippen molar-refractivity contribution in [2.75, 3.05) is 12.3 Å². The molecule has 10 nitrogen and oxygen atoms in total. The molecular formula is C24H26FN7O3. The van der Waals surface area contributed by atoms with E-state index in [0.29, 0.717) is 47.8 Å². The van der Waals surface area contributed by atoms with Crippen LogP contribution in [0.25, 0.3) is 22.6 Å². The summed E-state index contributed by atoms with van der Waals surface area (Å²) in [4.78, 5) is 9.24. The van der Waals surface area contributed by atoms with Crippen LogP contribution < -0.4 is 16.2 Å². The van der Waals surface area contributed by atoms with E-state index >= 15 is 0 Å². The molecule has 5 N–H and O–H groups in total. The lowest BCUT2D eigenvalue weighted by Crippen LogP contribution is -2.15. The maximum absolute atomic E-state index is 13.5. The first-order chi connectivity index (χ1) is 16.7. The van der Waals surface area contributed by atoms with Gasteiger partial charge in [-0.25, -0.2) is 19.0 Å². The zero-order valence-corrected chi connectivity index (χ0v) is 19.6. The number of rotatable bonds is 7. The number of hydrogen-bond donors (Lipinski definition) is 3. The van der Waals surface area contributed by atoms with E-state index in [9.17, 15) is 9.50 Å². The largest absolute Gasteiger partial charge is 0.469 e. The van der Waals surface area contributed by atoms with E-state index in [-0.39, 0.29) is 17.5 Å². The fourth-order valence-electron chi connectivity index (χ4n) is 3.58. The molecule has 0 bridgehead atoms. The van der Waals surface area contributed by atoms with Crippen LogP contribution in [-0.4, -0.2) is 42.1 Å². The van der Waals surface area contributed by atoms with E-state index in [1.165, 1.54) is 12.1 Å². The molecule has 1 atom stereocenters. The lowest BCUT2D eigenvalue weighted by Gasteiger charge is -2.19. The molecule has 0 aliphatic carbocycles. The summed E-state index contributed by atoms with van der Waals surface area (Å²) in [5, 5.41) is 17.7. The van der Waals surface area contributed by atoms with Crippen LogP contribution in [0.4, 0.5) is 10.2 Å². The standard InChI is InChI=1S/C24H26FN7O3/c1-4-32-17-13-19(34-18(10-12-26)14-5-7-15(25)8-6-14)28-16(9-11-24(2,3)33)20(17)29-23(32)21-22(27)31-35-30-21/h5-8,13,18,33H,4,10,12,26H2,1-3H3,(H2,27,31). The highest BCUT2D eigenvalue weighted by Gasteiger charge is 2.23. The van der Waals surface area contributed by atoms with Crippen molar-refractivity contribution in [1.29, 1.82) is 0 Å². The van der Waals surface area contributed by atoms with Crippen LogP contribution in [0.3, 0.4) is 0 Å². The molecule has 3 heterocycles. The lowest BCUT2D eigenvalue weighted by atomic mass is 10.1. The van der Waals surface area contributed by atoms with Gasteiger partial charge in [-0.1, -0.05) is 18.1 Å². The van der Waals surface area contributed by atoms with Gasteiger partial charge in [0.05, 0.1) is 5.52 Å². The number of anilines is 1. The summed E-state index contributed by atoms with van der Waals surface area (Å²) in [6, 6.07) is 7.78. The number of nitrogen functional groups attached to an aromatic ring is 1. The second kappa shape index (κ2) is 9.69. The van der Waals surface area contributed by atoms with Gasteiger partial charge < -0.3 is 25.9 Å². The van der Waals surface area contributed by atoms with Crippen molar-refractivity contribution in [2.45, 2.75) is 45.4 Å². The molecule has 11 heteroatoms. The molecule has 182 valence electrons. The molecule has 1 aromatic carbocycles.